The average Bonchev–Trinajstić information content (AvgIpc) is 3.00. The number of alkyl halides is 3. The van der Waals surface area contributed by atoms with Crippen molar-refractivity contribution in [3.63, 3.8) is 0 Å². The summed E-state index contributed by atoms with van der Waals surface area (Å²) in [6, 6.07) is 4.73. The monoisotopic (exact) mass is 394 g/mol. The molecule has 26 heavy (non-hydrogen) atoms. The third kappa shape index (κ3) is 3.83. The van der Waals surface area contributed by atoms with E-state index >= 15 is 0 Å². The molecule has 0 radical (unpaired) electrons. The lowest BCUT2D eigenvalue weighted by molar-refractivity contribution is -0.187. The molecule has 0 aliphatic carbocycles. The van der Waals surface area contributed by atoms with Crippen LogP contribution in [0.4, 0.5) is 13.2 Å². The molecule has 0 aromatic heterocycles. The smallest absolute Gasteiger partial charge is 0.394 e. The number of hydrogen-bond donors (Lipinski definition) is 1. The van der Waals surface area contributed by atoms with Crippen LogP contribution in [0, 0.1) is 11.8 Å². The van der Waals surface area contributed by atoms with Crippen LogP contribution >= 0.6 is 0 Å². The Morgan fingerprint density at radius 2 is 1.69 bits per heavy atom. The van der Waals surface area contributed by atoms with E-state index < -0.39 is 53.0 Å². The maximum atomic E-state index is 13.0. The maximum absolute atomic E-state index is 13.0. The lowest BCUT2D eigenvalue weighted by atomic mass is 9.96. The fourth-order valence-electron chi connectivity index (χ4n) is 2.71. The normalized spacial score (nSPS) is 21.2. The summed E-state index contributed by atoms with van der Waals surface area (Å²) < 4.78 is 63.9. The Bertz CT molecular complexity index is 806. The van der Waals surface area contributed by atoms with E-state index in [9.17, 15) is 31.2 Å². The van der Waals surface area contributed by atoms with Crippen molar-refractivity contribution in [3.05, 3.63) is 29.8 Å². The van der Waals surface area contributed by atoms with E-state index in [0.717, 1.165) is 9.21 Å². The van der Waals surface area contributed by atoms with Gasteiger partial charge in [0.2, 0.25) is 10.0 Å². The van der Waals surface area contributed by atoms with Gasteiger partial charge in [-0.25, -0.2) is 12.7 Å². The molecule has 144 valence electrons. The van der Waals surface area contributed by atoms with Crippen molar-refractivity contribution in [3.8, 4) is 0 Å². The van der Waals surface area contributed by atoms with E-state index in [1.165, 1.54) is 38.4 Å². The molecule has 1 aromatic carbocycles. The van der Waals surface area contributed by atoms with Crippen molar-refractivity contribution in [1.29, 1.82) is 0 Å². The second-order valence-electron chi connectivity index (χ2n) is 6.11. The zero-order chi connectivity index (χ0) is 19.9. The molecule has 0 saturated carbocycles. The highest BCUT2D eigenvalue weighted by Crippen LogP contribution is 2.38. The van der Waals surface area contributed by atoms with E-state index in [1.807, 2.05) is 0 Å². The molecule has 0 bridgehead atoms. The number of likely N-dealkylation sites (tertiary alicyclic amines) is 1. The maximum Gasteiger partial charge on any atom is 0.394 e. The number of halogens is 3. The number of amides is 1. The van der Waals surface area contributed by atoms with Crippen LogP contribution in [0.15, 0.2) is 29.2 Å². The van der Waals surface area contributed by atoms with Crippen LogP contribution < -0.4 is 0 Å². The Hall–Kier alpha value is -2.14. The van der Waals surface area contributed by atoms with Crippen LogP contribution in [0.5, 0.6) is 0 Å². The number of carboxylic acids is 1. The van der Waals surface area contributed by atoms with Crippen LogP contribution in [0.25, 0.3) is 0 Å². The van der Waals surface area contributed by atoms with E-state index in [1.54, 1.807) is 0 Å². The van der Waals surface area contributed by atoms with Crippen LogP contribution in [0.1, 0.15) is 10.4 Å². The Morgan fingerprint density at radius 3 is 2.08 bits per heavy atom. The molecule has 1 aliphatic rings. The van der Waals surface area contributed by atoms with Gasteiger partial charge < -0.3 is 10.0 Å². The third-order valence-corrected chi connectivity index (χ3v) is 6.05. The summed E-state index contributed by atoms with van der Waals surface area (Å²) in [6.45, 7) is -1.31. The van der Waals surface area contributed by atoms with Gasteiger partial charge >= 0.3 is 12.1 Å². The molecule has 1 fully saturated rings. The minimum Gasteiger partial charge on any atom is -0.481 e. The van der Waals surface area contributed by atoms with Crippen molar-refractivity contribution in [2.75, 3.05) is 27.2 Å². The van der Waals surface area contributed by atoms with Crippen molar-refractivity contribution >= 4 is 21.9 Å². The highest BCUT2D eigenvalue weighted by Gasteiger charge is 2.53. The zero-order valence-electron chi connectivity index (χ0n) is 13.9. The predicted molar refractivity (Wildman–Crippen MR) is 83.9 cm³/mol. The van der Waals surface area contributed by atoms with Crippen molar-refractivity contribution in [2.45, 2.75) is 11.1 Å². The molecule has 11 heteroatoms. The molecule has 7 nitrogen and oxygen atoms in total. The highest BCUT2D eigenvalue weighted by molar-refractivity contribution is 7.89. The van der Waals surface area contributed by atoms with Gasteiger partial charge in [0.15, 0.2) is 0 Å². The first kappa shape index (κ1) is 20.2. The van der Waals surface area contributed by atoms with Gasteiger partial charge in [0.25, 0.3) is 5.91 Å². The van der Waals surface area contributed by atoms with Crippen LogP contribution in [-0.4, -0.2) is 68.0 Å². The minimum atomic E-state index is -4.73. The number of sulfonamides is 1. The Labute approximate surface area is 148 Å². The average molecular weight is 394 g/mol. The SMILES string of the molecule is CN(C)S(=O)(=O)c1ccc(C(=O)N2C[C@@H](C(F)(F)F)[C@H](C(=O)O)C2)cc1. The Kier molecular flexibility index (Phi) is 5.34. The van der Waals surface area contributed by atoms with Crippen molar-refractivity contribution in [2.24, 2.45) is 11.8 Å². The minimum absolute atomic E-state index is 0.0188. The summed E-state index contributed by atoms with van der Waals surface area (Å²) in [4.78, 5) is 24.2. The van der Waals surface area contributed by atoms with E-state index in [2.05, 4.69) is 0 Å². The van der Waals surface area contributed by atoms with Gasteiger partial charge in [-0.1, -0.05) is 0 Å². The predicted octanol–water partition coefficient (Wildman–Crippen LogP) is 1.27. The fraction of sp³-hybridized carbons (Fsp3) is 0.467. The quantitative estimate of drug-likeness (QED) is 0.830. The number of rotatable bonds is 4. The van der Waals surface area contributed by atoms with Crippen molar-refractivity contribution in [1.82, 2.24) is 9.21 Å². The lowest BCUT2D eigenvalue weighted by Crippen LogP contribution is -2.34. The first-order valence-corrected chi connectivity index (χ1v) is 8.91. The van der Waals surface area contributed by atoms with Crippen LogP contribution in [0.3, 0.4) is 0 Å². The summed E-state index contributed by atoms with van der Waals surface area (Å²) in [5.41, 5.74) is -0.0188. The molecule has 1 saturated heterocycles. The van der Waals surface area contributed by atoms with Gasteiger partial charge in [0, 0.05) is 32.7 Å². The van der Waals surface area contributed by atoms with Gasteiger partial charge in [-0.2, -0.15) is 13.2 Å². The van der Waals surface area contributed by atoms with E-state index in [-0.39, 0.29) is 10.5 Å². The van der Waals surface area contributed by atoms with Gasteiger partial charge in [-0.15, -0.1) is 0 Å². The van der Waals surface area contributed by atoms with Gasteiger partial charge in [0.1, 0.15) is 0 Å². The summed E-state index contributed by atoms with van der Waals surface area (Å²) >= 11 is 0. The number of hydrogen-bond acceptors (Lipinski definition) is 4. The third-order valence-electron chi connectivity index (χ3n) is 4.22. The molecule has 1 N–H and O–H groups in total. The fourth-order valence-corrected chi connectivity index (χ4v) is 3.62. The molecule has 0 unspecified atom stereocenters. The molecule has 2 atom stereocenters. The number of carbonyl (C=O) groups excluding carboxylic acids is 1. The van der Waals surface area contributed by atoms with Crippen LogP contribution in [0.2, 0.25) is 0 Å². The summed E-state index contributed by atoms with van der Waals surface area (Å²) in [7, 11) is -1.03. The van der Waals surface area contributed by atoms with E-state index in [0.29, 0.717) is 0 Å². The molecule has 1 heterocycles. The van der Waals surface area contributed by atoms with E-state index in [4.69, 9.17) is 5.11 Å². The summed E-state index contributed by atoms with van der Waals surface area (Å²) in [5.74, 6) is -6.27. The zero-order valence-corrected chi connectivity index (χ0v) is 14.7. The summed E-state index contributed by atoms with van der Waals surface area (Å²) in [6.07, 6.45) is -4.73. The molecule has 0 spiro atoms. The van der Waals surface area contributed by atoms with Crippen LogP contribution in [-0.2, 0) is 14.8 Å². The van der Waals surface area contributed by atoms with Crippen molar-refractivity contribution < 1.29 is 36.3 Å². The first-order chi connectivity index (χ1) is 11.9. The van der Waals surface area contributed by atoms with Gasteiger partial charge in [-0.05, 0) is 24.3 Å². The lowest BCUT2D eigenvalue weighted by Gasteiger charge is -2.18. The molecule has 1 amide bonds. The van der Waals surface area contributed by atoms with Gasteiger partial charge in [0.05, 0.1) is 16.7 Å². The first-order valence-electron chi connectivity index (χ1n) is 7.47. The second-order valence-corrected chi connectivity index (χ2v) is 8.27. The highest BCUT2D eigenvalue weighted by atomic mass is 32.2. The Balaban J connectivity index is 2.23. The topological polar surface area (TPSA) is 95.0 Å². The molecular weight excluding hydrogens is 377 g/mol. The molecule has 1 aliphatic heterocycles. The molecule has 1 aromatic rings. The molecular formula is C15H17F3N2O5S. The summed E-state index contributed by atoms with van der Waals surface area (Å²) in [5, 5.41) is 8.99. The number of benzene rings is 1. The molecule has 2 rings (SSSR count). The Morgan fingerprint density at radius 1 is 1.15 bits per heavy atom. The van der Waals surface area contributed by atoms with Gasteiger partial charge in [-0.3, -0.25) is 9.59 Å². The largest absolute Gasteiger partial charge is 0.481 e. The number of nitrogens with zero attached hydrogens (tertiary/aromatic N) is 2. The number of carboxylic acid groups (broad SMARTS) is 1. The number of carbonyl (C=O) groups is 2. The standard InChI is InChI=1S/C15H17F3N2O5S/c1-19(2)26(24,25)10-5-3-9(4-6-10)13(21)20-7-11(14(22)23)12(8-20)15(16,17)18/h3-6,11-12H,7-8H2,1-2H3,(H,22,23)/t11-,12-/m1/s1. The second kappa shape index (κ2) is 6.88. The number of aliphatic carboxylic acids is 1.